The van der Waals surface area contributed by atoms with E-state index in [1.54, 1.807) is 24.6 Å². The minimum Gasteiger partial charge on any atom is -0.497 e. The first-order valence-electron chi connectivity index (χ1n) is 11.7. The third-order valence-electron chi connectivity index (χ3n) is 6.71. The van der Waals surface area contributed by atoms with E-state index in [4.69, 9.17) is 4.74 Å². The minimum atomic E-state index is -0.736. The highest BCUT2D eigenvalue weighted by Gasteiger charge is 2.27. The summed E-state index contributed by atoms with van der Waals surface area (Å²) in [5.41, 5.74) is 4.60. The Morgan fingerprint density at radius 3 is 2.63 bits per heavy atom. The van der Waals surface area contributed by atoms with Crippen LogP contribution < -0.4 is 10.1 Å². The number of methoxy groups -OCH3 is 1. The molecular weight excluding hydrogens is 462 g/mol. The van der Waals surface area contributed by atoms with E-state index in [9.17, 15) is 14.7 Å². The number of nitrogens with one attached hydrogen (secondary N) is 1. The molecule has 0 aliphatic heterocycles. The first-order chi connectivity index (χ1) is 17.0. The van der Waals surface area contributed by atoms with Gasteiger partial charge < -0.3 is 19.7 Å². The van der Waals surface area contributed by atoms with E-state index in [2.05, 4.69) is 27.0 Å². The number of amides is 1. The van der Waals surface area contributed by atoms with Crippen LogP contribution in [0.3, 0.4) is 0 Å². The van der Waals surface area contributed by atoms with E-state index in [-0.39, 0.29) is 17.9 Å². The highest BCUT2D eigenvalue weighted by Crippen LogP contribution is 2.30. The standard InChI is InChI=1S/C27H27N3O4S/c1-34-21-10-12-28-23(14-21)18-4-2-17(3-5-18)15-30-13-11-24-25(30)22(16-35-24)26(31)29-20-8-6-19(7-9-20)27(32)33/h2-5,10-14,16,19-20H,6-9,15H2,1H3,(H,29,31)(H,32,33). The van der Waals surface area contributed by atoms with Crippen LogP contribution in [0.5, 0.6) is 5.75 Å². The molecular formula is C27H27N3O4S. The van der Waals surface area contributed by atoms with Crippen molar-refractivity contribution < 1.29 is 19.4 Å². The van der Waals surface area contributed by atoms with Gasteiger partial charge in [-0.2, -0.15) is 0 Å². The molecule has 4 aromatic rings. The Hall–Kier alpha value is -3.65. The van der Waals surface area contributed by atoms with Crippen molar-refractivity contribution in [2.75, 3.05) is 7.11 Å². The van der Waals surface area contributed by atoms with E-state index in [1.807, 2.05) is 41.9 Å². The summed E-state index contributed by atoms with van der Waals surface area (Å²) in [6.45, 7) is 0.649. The third kappa shape index (κ3) is 4.93. The van der Waals surface area contributed by atoms with Crippen LogP contribution in [0.4, 0.5) is 0 Å². The molecule has 1 saturated carbocycles. The van der Waals surface area contributed by atoms with Gasteiger partial charge in [0.25, 0.3) is 5.91 Å². The van der Waals surface area contributed by atoms with Crippen LogP contribution in [0.1, 0.15) is 41.6 Å². The third-order valence-corrected chi connectivity index (χ3v) is 7.65. The average molecular weight is 490 g/mol. The molecule has 1 fully saturated rings. The first kappa shape index (κ1) is 23.1. The molecule has 180 valence electrons. The first-order valence-corrected chi connectivity index (χ1v) is 12.6. The van der Waals surface area contributed by atoms with Crippen molar-refractivity contribution >= 4 is 33.4 Å². The Morgan fingerprint density at radius 2 is 1.91 bits per heavy atom. The van der Waals surface area contributed by atoms with Crippen molar-refractivity contribution in [1.82, 2.24) is 14.9 Å². The fourth-order valence-corrected chi connectivity index (χ4v) is 5.67. The van der Waals surface area contributed by atoms with Crippen molar-refractivity contribution in [3.63, 3.8) is 0 Å². The predicted octanol–water partition coefficient (Wildman–Crippen LogP) is 5.19. The summed E-state index contributed by atoms with van der Waals surface area (Å²) in [5, 5.41) is 14.2. The number of benzene rings is 1. The molecule has 0 saturated heterocycles. The maximum atomic E-state index is 13.1. The number of carbonyl (C=O) groups excluding carboxylic acids is 1. The van der Waals surface area contributed by atoms with E-state index >= 15 is 0 Å². The molecule has 1 aliphatic rings. The lowest BCUT2D eigenvalue weighted by Gasteiger charge is -2.26. The lowest BCUT2D eigenvalue weighted by molar-refractivity contribution is -0.142. The molecule has 35 heavy (non-hydrogen) atoms. The van der Waals surface area contributed by atoms with Crippen LogP contribution in [0.15, 0.2) is 60.2 Å². The second-order valence-corrected chi connectivity index (χ2v) is 9.86. The summed E-state index contributed by atoms with van der Waals surface area (Å²) in [5.74, 6) is -0.347. The second-order valence-electron chi connectivity index (χ2n) is 8.94. The molecule has 2 N–H and O–H groups in total. The number of pyridine rings is 1. The van der Waals surface area contributed by atoms with Gasteiger partial charge in [0.1, 0.15) is 5.75 Å². The molecule has 0 unspecified atom stereocenters. The number of rotatable bonds is 7. The highest BCUT2D eigenvalue weighted by molar-refractivity contribution is 7.17. The number of carboxylic acids is 1. The van der Waals surface area contributed by atoms with Gasteiger partial charge in [0, 0.05) is 42.0 Å². The molecule has 1 amide bonds. The average Bonchev–Trinajstić information content (AvgIpc) is 3.48. The number of hydrogen-bond donors (Lipinski definition) is 2. The fourth-order valence-electron chi connectivity index (χ4n) is 4.73. The smallest absolute Gasteiger partial charge is 0.306 e. The lowest BCUT2D eigenvalue weighted by atomic mass is 9.86. The van der Waals surface area contributed by atoms with Crippen LogP contribution in [-0.4, -0.2) is 39.7 Å². The molecule has 3 heterocycles. The van der Waals surface area contributed by atoms with Crippen molar-refractivity contribution in [3.05, 3.63) is 71.4 Å². The predicted molar refractivity (Wildman–Crippen MR) is 136 cm³/mol. The number of aliphatic carboxylic acids is 1. The quantitative estimate of drug-likeness (QED) is 0.372. The molecule has 0 radical (unpaired) electrons. The number of ether oxygens (including phenoxy) is 1. The highest BCUT2D eigenvalue weighted by atomic mass is 32.1. The Balaban J connectivity index is 1.30. The van der Waals surface area contributed by atoms with Crippen molar-refractivity contribution in [1.29, 1.82) is 0 Å². The van der Waals surface area contributed by atoms with Crippen LogP contribution in [0.25, 0.3) is 21.5 Å². The van der Waals surface area contributed by atoms with Gasteiger partial charge in [-0.05, 0) is 43.4 Å². The molecule has 7 nitrogen and oxygen atoms in total. The van der Waals surface area contributed by atoms with Crippen molar-refractivity contribution in [3.8, 4) is 17.0 Å². The molecule has 3 aromatic heterocycles. The number of hydrogen-bond acceptors (Lipinski definition) is 5. The van der Waals surface area contributed by atoms with Gasteiger partial charge in [0.05, 0.1) is 34.5 Å². The van der Waals surface area contributed by atoms with E-state index in [0.717, 1.165) is 32.8 Å². The zero-order chi connectivity index (χ0) is 24.4. The summed E-state index contributed by atoms with van der Waals surface area (Å²) < 4.78 is 8.48. The topological polar surface area (TPSA) is 93.5 Å². The van der Waals surface area contributed by atoms with Crippen LogP contribution in [0.2, 0.25) is 0 Å². The second kappa shape index (κ2) is 9.92. The molecule has 0 spiro atoms. The zero-order valence-corrected chi connectivity index (χ0v) is 20.3. The van der Waals surface area contributed by atoms with Gasteiger partial charge in [0.15, 0.2) is 0 Å². The molecule has 8 heteroatoms. The molecule has 1 aliphatic carbocycles. The van der Waals surface area contributed by atoms with Gasteiger partial charge in [0.2, 0.25) is 0 Å². The maximum absolute atomic E-state index is 13.1. The Labute approximate surface area is 207 Å². The maximum Gasteiger partial charge on any atom is 0.306 e. The van der Waals surface area contributed by atoms with Gasteiger partial charge >= 0.3 is 5.97 Å². The zero-order valence-electron chi connectivity index (χ0n) is 19.4. The van der Waals surface area contributed by atoms with Gasteiger partial charge in [-0.15, -0.1) is 11.3 Å². The summed E-state index contributed by atoms with van der Waals surface area (Å²) in [6.07, 6.45) is 6.37. The summed E-state index contributed by atoms with van der Waals surface area (Å²) >= 11 is 1.56. The number of aromatic nitrogens is 2. The normalized spacial score (nSPS) is 17.9. The number of carboxylic acid groups (broad SMARTS) is 1. The number of nitrogens with zero attached hydrogens (tertiary/aromatic N) is 2. The number of carbonyl (C=O) groups is 2. The largest absolute Gasteiger partial charge is 0.497 e. The lowest BCUT2D eigenvalue weighted by Crippen LogP contribution is -2.38. The Morgan fingerprint density at radius 1 is 1.14 bits per heavy atom. The molecule has 0 bridgehead atoms. The number of fused-ring (bicyclic) bond motifs is 1. The SMILES string of the molecule is COc1ccnc(-c2ccc(Cn3ccc4scc(C(=O)NC5CCC(C(=O)O)CC5)c43)cc2)c1. The van der Waals surface area contributed by atoms with Gasteiger partial charge in [-0.1, -0.05) is 24.3 Å². The monoisotopic (exact) mass is 489 g/mol. The molecule has 0 atom stereocenters. The van der Waals surface area contributed by atoms with Crippen molar-refractivity contribution in [2.24, 2.45) is 5.92 Å². The van der Waals surface area contributed by atoms with Crippen LogP contribution in [-0.2, 0) is 11.3 Å². The Bertz CT molecular complexity index is 1350. The van der Waals surface area contributed by atoms with Crippen LogP contribution >= 0.6 is 11.3 Å². The van der Waals surface area contributed by atoms with Crippen molar-refractivity contribution in [2.45, 2.75) is 38.3 Å². The molecule has 1 aromatic carbocycles. The summed E-state index contributed by atoms with van der Waals surface area (Å²) in [4.78, 5) is 28.7. The molecule has 5 rings (SSSR count). The van der Waals surface area contributed by atoms with Gasteiger partial charge in [-0.3, -0.25) is 14.6 Å². The number of thiophene rings is 1. The van der Waals surface area contributed by atoms with E-state index in [1.165, 1.54) is 0 Å². The van der Waals surface area contributed by atoms with E-state index < -0.39 is 5.97 Å². The summed E-state index contributed by atoms with van der Waals surface area (Å²) in [6, 6.07) is 14.1. The van der Waals surface area contributed by atoms with Gasteiger partial charge in [-0.25, -0.2) is 0 Å². The minimum absolute atomic E-state index is 0.0224. The Kier molecular flexibility index (Phi) is 6.55. The van der Waals surface area contributed by atoms with Crippen LogP contribution in [0, 0.1) is 5.92 Å². The fraction of sp³-hybridized carbons (Fsp3) is 0.296. The van der Waals surface area contributed by atoms with E-state index in [0.29, 0.717) is 37.8 Å². The summed E-state index contributed by atoms with van der Waals surface area (Å²) in [7, 11) is 1.64.